The summed E-state index contributed by atoms with van der Waals surface area (Å²) in [6, 6.07) is 4.51. The third-order valence-corrected chi connectivity index (χ3v) is 2.63. The Balaban J connectivity index is 2.54. The van der Waals surface area contributed by atoms with Crippen molar-refractivity contribution in [1.29, 1.82) is 0 Å². The fraction of sp³-hybridized carbons (Fsp3) is 0.182. The maximum Gasteiger partial charge on any atom is 0.416 e. The molecule has 0 radical (unpaired) electrons. The quantitative estimate of drug-likeness (QED) is 0.773. The SMILES string of the molecule is Nc1nn(-c2cccc(C(F)(F)F)c2)c(N)c1CO. The first-order valence-electron chi connectivity index (χ1n) is 5.26. The van der Waals surface area contributed by atoms with Crippen molar-refractivity contribution in [2.75, 3.05) is 11.5 Å². The lowest BCUT2D eigenvalue weighted by Gasteiger charge is -2.09. The third-order valence-electron chi connectivity index (χ3n) is 2.63. The molecule has 0 fully saturated rings. The number of benzene rings is 1. The molecule has 0 saturated heterocycles. The van der Waals surface area contributed by atoms with Crippen LogP contribution in [-0.2, 0) is 12.8 Å². The minimum Gasteiger partial charge on any atom is -0.391 e. The fourth-order valence-corrected chi connectivity index (χ4v) is 1.65. The van der Waals surface area contributed by atoms with Crippen molar-refractivity contribution in [2.45, 2.75) is 12.8 Å². The number of anilines is 2. The zero-order valence-corrected chi connectivity index (χ0v) is 9.65. The Kier molecular flexibility index (Phi) is 3.11. The number of nitrogen functional groups attached to an aromatic ring is 2. The van der Waals surface area contributed by atoms with Crippen LogP contribution in [0.25, 0.3) is 5.69 Å². The number of aromatic nitrogens is 2. The number of nitrogens with two attached hydrogens (primary N) is 2. The van der Waals surface area contributed by atoms with Gasteiger partial charge >= 0.3 is 6.18 Å². The van der Waals surface area contributed by atoms with E-state index in [0.29, 0.717) is 0 Å². The van der Waals surface area contributed by atoms with Gasteiger partial charge in [0.25, 0.3) is 0 Å². The molecule has 0 spiro atoms. The van der Waals surface area contributed by atoms with Crippen LogP contribution >= 0.6 is 0 Å². The number of aliphatic hydroxyl groups is 1. The predicted octanol–water partition coefficient (Wildman–Crippen LogP) is 1.55. The molecule has 0 saturated carbocycles. The molecule has 102 valence electrons. The van der Waals surface area contributed by atoms with Gasteiger partial charge in [0.15, 0.2) is 5.82 Å². The minimum atomic E-state index is -4.46. The average molecular weight is 272 g/mol. The van der Waals surface area contributed by atoms with Gasteiger partial charge in [-0.3, -0.25) is 0 Å². The van der Waals surface area contributed by atoms with Crippen LogP contribution in [0.3, 0.4) is 0 Å². The number of hydrogen-bond acceptors (Lipinski definition) is 4. The summed E-state index contributed by atoms with van der Waals surface area (Å²) in [5.41, 5.74) is 10.7. The summed E-state index contributed by atoms with van der Waals surface area (Å²) in [6.07, 6.45) is -4.46. The molecule has 1 aromatic heterocycles. The lowest BCUT2D eigenvalue weighted by Crippen LogP contribution is -2.08. The number of halogens is 3. The van der Waals surface area contributed by atoms with Gasteiger partial charge in [0.1, 0.15) is 5.82 Å². The topological polar surface area (TPSA) is 90.1 Å². The Hall–Kier alpha value is -2.22. The summed E-state index contributed by atoms with van der Waals surface area (Å²) in [5, 5.41) is 12.9. The van der Waals surface area contributed by atoms with Crippen LogP contribution in [-0.4, -0.2) is 14.9 Å². The van der Waals surface area contributed by atoms with E-state index in [1.165, 1.54) is 12.1 Å². The zero-order chi connectivity index (χ0) is 14.2. The predicted molar refractivity (Wildman–Crippen MR) is 63.3 cm³/mol. The summed E-state index contributed by atoms with van der Waals surface area (Å²) in [4.78, 5) is 0. The van der Waals surface area contributed by atoms with E-state index < -0.39 is 18.3 Å². The molecule has 0 aliphatic rings. The molecule has 5 N–H and O–H groups in total. The highest BCUT2D eigenvalue weighted by molar-refractivity contribution is 5.58. The molecule has 1 heterocycles. The van der Waals surface area contributed by atoms with Crippen molar-refractivity contribution in [3.05, 3.63) is 35.4 Å². The molecule has 2 aromatic rings. The van der Waals surface area contributed by atoms with Gasteiger partial charge < -0.3 is 16.6 Å². The molecule has 1 aromatic carbocycles. The van der Waals surface area contributed by atoms with Crippen molar-refractivity contribution >= 4 is 11.6 Å². The first-order valence-corrected chi connectivity index (χ1v) is 5.26. The molecule has 8 heteroatoms. The van der Waals surface area contributed by atoms with Crippen LogP contribution in [0, 0.1) is 0 Å². The maximum atomic E-state index is 12.6. The smallest absolute Gasteiger partial charge is 0.391 e. The molecular weight excluding hydrogens is 261 g/mol. The first-order chi connectivity index (χ1) is 8.84. The van der Waals surface area contributed by atoms with Gasteiger partial charge in [0, 0.05) is 0 Å². The monoisotopic (exact) mass is 272 g/mol. The second-order valence-corrected chi connectivity index (χ2v) is 3.87. The molecule has 19 heavy (non-hydrogen) atoms. The van der Waals surface area contributed by atoms with Crippen molar-refractivity contribution in [3.8, 4) is 5.69 Å². The Labute approximate surface area is 106 Å². The highest BCUT2D eigenvalue weighted by Gasteiger charge is 2.30. The van der Waals surface area contributed by atoms with Crippen LogP contribution in [0.5, 0.6) is 0 Å². The van der Waals surface area contributed by atoms with Gasteiger partial charge in [-0.1, -0.05) is 6.07 Å². The van der Waals surface area contributed by atoms with Gasteiger partial charge in [-0.05, 0) is 18.2 Å². The average Bonchev–Trinajstić information content (AvgIpc) is 2.63. The van der Waals surface area contributed by atoms with E-state index >= 15 is 0 Å². The van der Waals surface area contributed by atoms with E-state index in [9.17, 15) is 13.2 Å². The molecule has 0 bridgehead atoms. The van der Waals surface area contributed by atoms with E-state index in [1.54, 1.807) is 0 Å². The summed E-state index contributed by atoms with van der Waals surface area (Å²) < 4.78 is 38.9. The van der Waals surface area contributed by atoms with Gasteiger partial charge in [-0.15, -0.1) is 5.10 Å². The van der Waals surface area contributed by atoms with E-state index in [0.717, 1.165) is 16.8 Å². The molecule has 0 aliphatic heterocycles. The molecule has 0 atom stereocenters. The van der Waals surface area contributed by atoms with Crippen LogP contribution in [0.4, 0.5) is 24.8 Å². The maximum absolute atomic E-state index is 12.6. The second-order valence-electron chi connectivity index (χ2n) is 3.87. The lowest BCUT2D eigenvalue weighted by molar-refractivity contribution is -0.137. The normalized spacial score (nSPS) is 11.8. The van der Waals surface area contributed by atoms with Gasteiger partial charge in [-0.25, -0.2) is 4.68 Å². The summed E-state index contributed by atoms with van der Waals surface area (Å²) in [7, 11) is 0. The molecule has 2 rings (SSSR count). The third kappa shape index (κ3) is 2.34. The van der Waals surface area contributed by atoms with Crippen molar-refractivity contribution in [2.24, 2.45) is 0 Å². The van der Waals surface area contributed by atoms with Gasteiger partial charge in [0.05, 0.1) is 23.4 Å². The Bertz CT molecular complexity index is 606. The van der Waals surface area contributed by atoms with Crippen molar-refractivity contribution < 1.29 is 18.3 Å². The van der Waals surface area contributed by atoms with Gasteiger partial charge in [0.2, 0.25) is 0 Å². The number of rotatable bonds is 2. The van der Waals surface area contributed by atoms with E-state index in [4.69, 9.17) is 16.6 Å². The number of nitrogens with zero attached hydrogens (tertiary/aromatic N) is 2. The van der Waals surface area contributed by atoms with E-state index in [-0.39, 0.29) is 22.9 Å². The summed E-state index contributed by atoms with van der Waals surface area (Å²) >= 11 is 0. The zero-order valence-electron chi connectivity index (χ0n) is 9.65. The van der Waals surface area contributed by atoms with Crippen LogP contribution in [0.15, 0.2) is 24.3 Å². The number of aliphatic hydroxyl groups excluding tert-OH is 1. The van der Waals surface area contributed by atoms with E-state index in [2.05, 4.69) is 5.10 Å². The summed E-state index contributed by atoms with van der Waals surface area (Å²) in [6.45, 7) is -0.434. The molecule has 0 aliphatic carbocycles. The Morgan fingerprint density at radius 1 is 1.26 bits per heavy atom. The minimum absolute atomic E-state index is 0.0133. The van der Waals surface area contributed by atoms with Crippen molar-refractivity contribution in [3.63, 3.8) is 0 Å². The molecular formula is C11H11F3N4O. The van der Waals surface area contributed by atoms with Crippen molar-refractivity contribution in [1.82, 2.24) is 9.78 Å². The van der Waals surface area contributed by atoms with Gasteiger partial charge in [-0.2, -0.15) is 13.2 Å². The molecule has 5 nitrogen and oxygen atoms in total. The molecule has 0 amide bonds. The Morgan fingerprint density at radius 3 is 2.47 bits per heavy atom. The van der Waals surface area contributed by atoms with Crippen LogP contribution < -0.4 is 11.5 Å². The molecule has 0 unspecified atom stereocenters. The standard InChI is InChI=1S/C11H11F3N4O/c12-11(13,14)6-2-1-3-7(4-6)18-10(16)8(5-19)9(15)17-18/h1-4,19H,5,16H2,(H2,15,17). The number of alkyl halides is 3. The van der Waals surface area contributed by atoms with Crippen LogP contribution in [0.2, 0.25) is 0 Å². The van der Waals surface area contributed by atoms with E-state index in [1.807, 2.05) is 0 Å². The summed E-state index contributed by atoms with van der Waals surface area (Å²) in [5.74, 6) is -0.00302. The first kappa shape index (κ1) is 13.2. The lowest BCUT2D eigenvalue weighted by atomic mass is 10.2. The largest absolute Gasteiger partial charge is 0.416 e. The van der Waals surface area contributed by atoms with Crippen LogP contribution in [0.1, 0.15) is 11.1 Å². The highest BCUT2D eigenvalue weighted by Crippen LogP contribution is 2.31. The highest BCUT2D eigenvalue weighted by atomic mass is 19.4. The fourth-order valence-electron chi connectivity index (χ4n) is 1.65. The number of hydrogen-bond donors (Lipinski definition) is 3. The second kappa shape index (κ2) is 4.47. The Morgan fingerprint density at radius 2 is 1.95 bits per heavy atom.